The summed E-state index contributed by atoms with van der Waals surface area (Å²) in [6.45, 7) is 9.11. The van der Waals surface area contributed by atoms with E-state index in [0.29, 0.717) is 0 Å². The van der Waals surface area contributed by atoms with Gasteiger partial charge in [-0.1, -0.05) is 39.0 Å². The van der Waals surface area contributed by atoms with Crippen LogP contribution in [0.2, 0.25) is 0 Å². The third kappa shape index (κ3) is 1.52. The van der Waals surface area contributed by atoms with E-state index in [1.54, 1.807) is 0 Å². The fraction of sp³-hybridized carbons (Fsp3) is 0.476. The van der Waals surface area contributed by atoms with Gasteiger partial charge in [0.2, 0.25) is 5.69 Å². The van der Waals surface area contributed by atoms with Gasteiger partial charge in [0.1, 0.15) is 7.05 Å². The van der Waals surface area contributed by atoms with Crippen molar-refractivity contribution in [2.24, 2.45) is 12.5 Å². The van der Waals surface area contributed by atoms with Gasteiger partial charge in [-0.2, -0.15) is 0 Å². The summed E-state index contributed by atoms with van der Waals surface area (Å²) in [5.74, 6) is -0.456. The zero-order valence-corrected chi connectivity index (χ0v) is 14.3. The Kier molecular flexibility index (Phi) is 2.47. The average molecular weight is 293 g/mol. The molecule has 1 aromatic carbocycles. The maximum Gasteiger partial charge on any atom is 0.212 e. The lowest BCUT2D eigenvalue weighted by Crippen LogP contribution is -2.36. The van der Waals surface area contributed by atoms with Crippen molar-refractivity contribution in [2.75, 3.05) is 0 Å². The number of fused-ring (bicyclic) bond motifs is 5. The molecule has 2 atom stereocenters. The van der Waals surface area contributed by atoms with Crippen molar-refractivity contribution in [3.63, 3.8) is 0 Å². The summed E-state index contributed by atoms with van der Waals surface area (Å²) >= 11 is 0. The van der Waals surface area contributed by atoms with Crippen molar-refractivity contribution in [3.8, 4) is 11.3 Å². The lowest BCUT2D eigenvalue weighted by atomic mass is 9.69. The summed E-state index contributed by atoms with van der Waals surface area (Å²) in [5, 5.41) is 0. The largest absolute Gasteiger partial charge is 0.212 e. The topological polar surface area (TPSA) is 3.88 Å². The first-order chi connectivity index (χ1) is 10.7. The number of aryl methyl sites for hydroxylation is 2. The summed E-state index contributed by atoms with van der Waals surface area (Å²) in [5.41, 5.74) is 6.53. The fourth-order valence-electron chi connectivity index (χ4n) is 4.74. The van der Waals surface area contributed by atoms with Crippen LogP contribution in [0.25, 0.3) is 11.3 Å². The van der Waals surface area contributed by atoms with Crippen LogP contribution in [0.5, 0.6) is 0 Å². The van der Waals surface area contributed by atoms with E-state index in [4.69, 9.17) is 0 Å². The molecule has 0 N–H and O–H groups in total. The van der Waals surface area contributed by atoms with Gasteiger partial charge < -0.3 is 0 Å². The van der Waals surface area contributed by atoms with Crippen molar-refractivity contribution in [1.82, 2.24) is 0 Å². The molecule has 1 nitrogen and oxygen atoms in total. The van der Waals surface area contributed by atoms with E-state index in [1.165, 1.54) is 27.9 Å². The lowest BCUT2D eigenvalue weighted by Gasteiger charge is -2.34. The molecule has 1 fully saturated rings. The molecule has 114 valence electrons. The molecular formula is C21H26N+. The van der Waals surface area contributed by atoms with E-state index >= 15 is 0 Å². The molecule has 2 bridgehead atoms. The molecule has 2 unspecified atom stereocenters. The van der Waals surface area contributed by atoms with E-state index in [-0.39, 0.29) is 10.8 Å². The van der Waals surface area contributed by atoms with Crippen LogP contribution in [0.1, 0.15) is 57.6 Å². The molecule has 2 aliphatic rings. The summed E-state index contributed by atoms with van der Waals surface area (Å²) in [6, 6.07) is 10.8. The number of nitrogens with zero attached hydrogens (tertiary/aromatic N) is 1. The first-order valence-corrected chi connectivity index (χ1v) is 8.33. The molecule has 1 saturated carbocycles. The Labute approximate surface area is 135 Å². The summed E-state index contributed by atoms with van der Waals surface area (Å²) in [7, 11) is 2.14. The number of benzene rings is 1. The second-order valence-corrected chi connectivity index (χ2v) is 7.85. The van der Waals surface area contributed by atoms with Gasteiger partial charge in [-0.15, -0.1) is 0 Å². The van der Waals surface area contributed by atoms with E-state index in [0.717, 1.165) is 12.8 Å². The molecule has 0 aliphatic heterocycles. The maximum atomic E-state index is 9.25. The van der Waals surface area contributed by atoms with Crippen LogP contribution in [0.15, 0.2) is 36.5 Å². The van der Waals surface area contributed by atoms with Gasteiger partial charge >= 0.3 is 0 Å². The van der Waals surface area contributed by atoms with Crippen LogP contribution in [-0.2, 0) is 12.5 Å². The van der Waals surface area contributed by atoms with Gasteiger partial charge in [0, 0.05) is 24.0 Å². The van der Waals surface area contributed by atoms with Crippen LogP contribution in [0.3, 0.4) is 0 Å². The molecular weight excluding hydrogens is 266 g/mol. The van der Waals surface area contributed by atoms with E-state index in [1.807, 2.05) is 0 Å². The van der Waals surface area contributed by atoms with Gasteiger partial charge in [-0.25, -0.2) is 4.57 Å². The summed E-state index contributed by atoms with van der Waals surface area (Å²) in [6.07, 6.45) is 4.40. The standard InChI is InChI=1S/C21H26N/c1-14-8-6-7-9-15(14)19-12-16-17-10-11-21(4,20(17,2)3)18(16)13-22(19)5/h6-9,12-13,17H,10-11H2,1-5H3/q+1/i17D. The summed E-state index contributed by atoms with van der Waals surface area (Å²) < 4.78 is 11.5. The summed E-state index contributed by atoms with van der Waals surface area (Å²) in [4.78, 5) is 0. The maximum absolute atomic E-state index is 9.25. The Balaban J connectivity index is 2.00. The zero-order chi connectivity index (χ0) is 16.6. The Bertz CT molecular complexity index is 823. The number of hydrogen-bond donors (Lipinski definition) is 0. The molecule has 4 rings (SSSR count). The normalized spacial score (nSPS) is 32.0. The molecule has 0 amide bonds. The molecule has 0 radical (unpaired) electrons. The Morgan fingerprint density at radius 3 is 2.68 bits per heavy atom. The number of hydrogen-bond acceptors (Lipinski definition) is 0. The second kappa shape index (κ2) is 4.22. The SMILES string of the molecule is [2H]C12CCC(C)(c3c[n+](C)c(-c4ccccc4C)cc31)C2(C)C. The highest BCUT2D eigenvalue weighted by Crippen LogP contribution is 2.67. The third-order valence-corrected chi connectivity index (χ3v) is 6.62. The first kappa shape index (κ1) is 12.9. The molecule has 2 aliphatic carbocycles. The quantitative estimate of drug-likeness (QED) is 0.673. The predicted octanol–water partition coefficient (Wildman–Crippen LogP) is 4.66. The van der Waals surface area contributed by atoms with Gasteiger partial charge in [0.05, 0.1) is 0 Å². The van der Waals surface area contributed by atoms with Gasteiger partial charge in [0.25, 0.3) is 0 Å². The smallest absolute Gasteiger partial charge is 0.201 e. The van der Waals surface area contributed by atoms with Crippen LogP contribution in [-0.4, -0.2) is 0 Å². The van der Waals surface area contributed by atoms with Crippen molar-refractivity contribution < 1.29 is 5.94 Å². The fourth-order valence-corrected chi connectivity index (χ4v) is 4.74. The zero-order valence-electron chi connectivity index (χ0n) is 15.3. The van der Waals surface area contributed by atoms with Crippen LogP contribution < -0.4 is 4.57 Å². The lowest BCUT2D eigenvalue weighted by molar-refractivity contribution is -0.661. The second-order valence-electron chi connectivity index (χ2n) is 7.85. The van der Waals surface area contributed by atoms with Gasteiger partial charge in [-0.05, 0) is 48.3 Å². The minimum atomic E-state index is -0.456. The number of rotatable bonds is 1. The number of aromatic nitrogens is 1. The Morgan fingerprint density at radius 2 is 1.95 bits per heavy atom. The minimum absolute atomic E-state index is 0.0142. The van der Waals surface area contributed by atoms with Crippen LogP contribution in [0.4, 0.5) is 0 Å². The van der Waals surface area contributed by atoms with Gasteiger partial charge in [0.15, 0.2) is 6.20 Å². The van der Waals surface area contributed by atoms with Crippen molar-refractivity contribution in [1.29, 1.82) is 0 Å². The number of pyridine rings is 1. The molecule has 22 heavy (non-hydrogen) atoms. The average Bonchev–Trinajstić information content (AvgIpc) is 2.76. The molecule has 0 spiro atoms. The van der Waals surface area contributed by atoms with Crippen LogP contribution in [0, 0.1) is 12.3 Å². The van der Waals surface area contributed by atoms with Gasteiger partial charge in [-0.3, -0.25) is 0 Å². The molecule has 1 aromatic heterocycles. The van der Waals surface area contributed by atoms with E-state index < -0.39 is 5.89 Å². The Hall–Kier alpha value is -1.63. The Morgan fingerprint density at radius 1 is 1.23 bits per heavy atom. The first-order valence-electron chi connectivity index (χ1n) is 8.83. The van der Waals surface area contributed by atoms with Crippen molar-refractivity contribution >= 4 is 0 Å². The minimum Gasteiger partial charge on any atom is -0.201 e. The highest BCUT2D eigenvalue weighted by Gasteiger charge is 2.60. The predicted molar refractivity (Wildman–Crippen MR) is 90.9 cm³/mol. The van der Waals surface area contributed by atoms with E-state index in [2.05, 4.69) is 75.8 Å². The highest BCUT2D eigenvalue weighted by atomic mass is 14.9. The third-order valence-electron chi connectivity index (χ3n) is 6.62. The van der Waals surface area contributed by atoms with Crippen molar-refractivity contribution in [3.05, 3.63) is 53.2 Å². The molecule has 2 aromatic rings. The monoisotopic (exact) mass is 293 g/mol. The highest BCUT2D eigenvalue weighted by molar-refractivity contribution is 5.63. The molecule has 1 heterocycles. The van der Waals surface area contributed by atoms with E-state index in [9.17, 15) is 1.37 Å². The van der Waals surface area contributed by atoms with Crippen molar-refractivity contribution in [2.45, 2.75) is 51.8 Å². The van der Waals surface area contributed by atoms with Crippen LogP contribution >= 0.6 is 0 Å². The molecule has 1 heteroatoms. The molecule has 0 saturated heterocycles.